The number of nitrogens with zero attached hydrogens (tertiary/aromatic N) is 4. The Hall–Kier alpha value is -2.93. The van der Waals surface area contributed by atoms with Gasteiger partial charge in [-0.15, -0.1) is 10.2 Å². The fraction of sp³-hybridized carbons (Fsp3) is 0.0870. The molecule has 0 saturated carbocycles. The molecule has 0 fully saturated rings. The van der Waals surface area contributed by atoms with Crippen LogP contribution in [0.3, 0.4) is 0 Å². The van der Waals surface area contributed by atoms with Crippen molar-refractivity contribution in [1.29, 1.82) is 0 Å². The molecule has 0 radical (unpaired) electrons. The first kappa shape index (κ1) is 20.0. The quantitative estimate of drug-likeness (QED) is 0.369. The second-order valence-corrected chi connectivity index (χ2v) is 8.91. The molecule has 2 heterocycles. The molecule has 8 heteroatoms. The second-order valence-electron chi connectivity index (χ2n) is 7.08. The van der Waals surface area contributed by atoms with Gasteiger partial charge in [0.2, 0.25) is 5.13 Å². The number of phenols is 1. The van der Waals surface area contributed by atoms with Crippen LogP contribution in [0, 0.1) is 0 Å². The Morgan fingerprint density at radius 2 is 1.65 bits per heavy atom. The second kappa shape index (κ2) is 8.30. The number of anilines is 1. The predicted molar refractivity (Wildman–Crippen MR) is 126 cm³/mol. The van der Waals surface area contributed by atoms with Crippen molar-refractivity contribution in [3.05, 3.63) is 94.0 Å². The summed E-state index contributed by atoms with van der Waals surface area (Å²) in [6.07, 6.45) is 0.605. The molecule has 1 aliphatic rings. The summed E-state index contributed by atoms with van der Waals surface area (Å²) < 4.78 is 0. The van der Waals surface area contributed by atoms with Crippen molar-refractivity contribution in [1.82, 2.24) is 10.2 Å². The maximum absolute atomic E-state index is 10.4. The molecule has 0 saturated heterocycles. The monoisotopic (exact) mass is 466 g/mol. The Morgan fingerprint density at radius 1 is 0.903 bits per heavy atom. The highest BCUT2D eigenvalue weighted by atomic mass is 35.5. The van der Waals surface area contributed by atoms with Crippen LogP contribution in [0.2, 0.25) is 10.0 Å². The van der Waals surface area contributed by atoms with Crippen LogP contribution < -0.4 is 5.01 Å². The van der Waals surface area contributed by atoms with Crippen molar-refractivity contribution >= 4 is 45.4 Å². The van der Waals surface area contributed by atoms with E-state index in [0.717, 1.165) is 21.8 Å². The number of hydrazone groups is 1. The van der Waals surface area contributed by atoms with Crippen LogP contribution in [0.15, 0.2) is 77.9 Å². The third-order valence-electron chi connectivity index (χ3n) is 5.07. The highest BCUT2D eigenvalue weighted by molar-refractivity contribution is 7.18. The lowest BCUT2D eigenvalue weighted by Crippen LogP contribution is -2.18. The number of rotatable bonds is 4. The molecule has 3 aromatic carbocycles. The minimum Gasteiger partial charge on any atom is -0.507 e. The van der Waals surface area contributed by atoms with Crippen molar-refractivity contribution < 1.29 is 5.11 Å². The van der Waals surface area contributed by atoms with Crippen molar-refractivity contribution in [2.45, 2.75) is 12.5 Å². The van der Waals surface area contributed by atoms with Crippen LogP contribution in [-0.4, -0.2) is 21.0 Å². The Labute approximate surface area is 193 Å². The van der Waals surface area contributed by atoms with Gasteiger partial charge < -0.3 is 5.11 Å². The third kappa shape index (κ3) is 4.02. The standard InChI is InChI=1S/C23H16Cl2N4OS/c24-16-8-6-15(7-9-16)22-26-27-23(31-22)29-20(14-4-2-1-3-5-14)13-19(28-29)18-12-17(25)10-11-21(18)30/h1-12,20,30H,13H2. The normalized spacial score (nSPS) is 15.9. The highest BCUT2D eigenvalue weighted by Gasteiger charge is 2.33. The number of hydrogen-bond acceptors (Lipinski definition) is 6. The summed E-state index contributed by atoms with van der Waals surface area (Å²) in [7, 11) is 0. The smallest absolute Gasteiger partial charge is 0.229 e. The van der Waals surface area contributed by atoms with Crippen LogP contribution in [0.4, 0.5) is 5.13 Å². The molecule has 0 bridgehead atoms. The van der Waals surface area contributed by atoms with Gasteiger partial charge in [0.05, 0.1) is 11.8 Å². The molecule has 1 unspecified atom stereocenters. The molecule has 0 spiro atoms. The zero-order chi connectivity index (χ0) is 21.4. The van der Waals surface area contributed by atoms with Gasteiger partial charge in [0.15, 0.2) is 0 Å². The van der Waals surface area contributed by atoms with E-state index in [-0.39, 0.29) is 11.8 Å². The van der Waals surface area contributed by atoms with Gasteiger partial charge in [-0.05, 0) is 35.9 Å². The summed E-state index contributed by atoms with van der Waals surface area (Å²) in [5, 5.41) is 28.5. The van der Waals surface area contributed by atoms with Gasteiger partial charge in [0, 0.05) is 27.6 Å². The summed E-state index contributed by atoms with van der Waals surface area (Å²) in [6, 6.07) is 22.5. The van der Waals surface area contributed by atoms with E-state index in [4.69, 9.17) is 28.3 Å². The molecule has 1 aliphatic heterocycles. The minimum absolute atomic E-state index is 0.0689. The molecular weight excluding hydrogens is 451 g/mol. The van der Waals surface area contributed by atoms with E-state index >= 15 is 0 Å². The lowest BCUT2D eigenvalue weighted by atomic mass is 9.98. The lowest BCUT2D eigenvalue weighted by Gasteiger charge is -2.20. The SMILES string of the molecule is Oc1ccc(Cl)cc1C1=NN(c2nnc(-c3ccc(Cl)cc3)s2)C(c2ccccc2)C1. The van der Waals surface area contributed by atoms with E-state index in [1.807, 2.05) is 47.5 Å². The molecule has 154 valence electrons. The molecule has 1 N–H and O–H groups in total. The van der Waals surface area contributed by atoms with E-state index in [1.54, 1.807) is 18.2 Å². The number of phenolic OH excluding ortho intramolecular Hbond substituents is 1. The van der Waals surface area contributed by atoms with Gasteiger partial charge in [0.25, 0.3) is 0 Å². The number of aromatic nitrogens is 2. The third-order valence-corrected chi connectivity index (χ3v) is 6.51. The van der Waals surface area contributed by atoms with E-state index < -0.39 is 0 Å². The van der Waals surface area contributed by atoms with Crippen LogP contribution in [0.1, 0.15) is 23.6 Å². The highest BCUT2D eigenvalue weighted by Crippen LogP contribution is 2.40. The molecule has 1 atom stereocenters. The molecule has 5 rings (SSSR count). The van der Waals surface area contributed by atoms with Crippen molar-refractivity contribution in [2.75, 3.05) is 5.01 Å². The van der Waals surface area contributed by atoms with E-state index in [9.17, 15) is 5.11 Å². The minimum atomic E-state index is -0.0689. The molecule has 0 amide bonds. The summed E-state index contributed by atoms with van der Waals surface area (Å²) in [6.45, 7) is 0. The number of halogens is 2. The van der Waals surface area contributed by atoms with Crippen LogP contribution >= 0.6 is 34.5 Å². The van der Waals surface area contributed by atoms with Crippen LogP contribution in [0.5, 0.6) is 5.75 Å². The summed E-state index contributed by atoms with van der Waals surface area (Å²) in [4.78, 5) is 0. The number of hydrogen-bond donors (Lipinski definition) is 1. The Balaban J connectivity index is 1.55. The molecule has 4 aromatic rings. The lowest BCUT2D eigenvalue weighted by molar-refractivity contribution is 0.474. The fourth-order valence-corrected chi connectivity index (χ4v) is 4.69. The molecular formula is C23H16Cl2N4OS. The van der Waals surface area contributed by atoms with Crippen LogP contribution in [-0.2, 0) is 0 Å². The van der Waals surface area contributed by atoms with Crippen LogP contribution in [0.25, 0.3) is 10.6 Å². The zero-order valence-electron chi connectivity index (χ0n) is 16.1. The van der Waals surface area contributed by atoms with E-state index in [1.165, 1.54) is 11.3 Å². The Bertz CT molecular complexity index is 1260. The maximum Gasteiger partial charge on any atom is 0.229 e. The van der Waals surface area contributed by atoms with E-state index in [0.29, 0.717) is 27.2 Å². The van der Waals surface area contributed by atoms with Gasteiger partial charge in [-0.1, -0.05) is 77.0 Å². The zero-order valence-corrected chi connectivity index (χ0v) is 18.4. The largest absolute Gasteiger partial charge is 0.507 e. The summed E-state index contributed by atoms with van der Waals surface area (Å²) in [5.74, 6) is 0.149. The number of aromatic hydroxyl groups is 1. The van der Waals surface area contributed by atoms with Gasteiger partial charge in [0.1, 0.15) is 10.8 Å². The first-order valence-corrected chi connectivity index (χ1v) is 11.2. The topological polar surface area (TPSA) is 61.6 Å². The van der Waals surface area contributed by atoms with Crippen molar-refractivity contribution in [3.63, 3.8) is 0 Å². The molecule has 5 nitrogen and oxygen atoms in total. The van der Waals surface area contributed by atoms with Gasteiger partial charge >= 0.3 is 0 Å². The van der Waals surface area contributed by atoms with Crippen molar-refractivity contribution in [3.8, 4) is 16.3 Å². The first-order chi connectivity index (χ1) is 15.1. The Kier molecular flexibility index (Phi) is 5.36. The summed E-state index contributed by atoms with van der Waals surface area (Å²) >= 11 is 13.6. The predicted octanol–water partition coefficient (Wildman–Crippen LogP) is 6.57. The van der Waals surface area contributed by atoms with Gasteiger partial charge in [-0.3, -0.25) is 0 Å². The maximum atomic E-state index is 10.4. The van der Waals surface area contributed by atoms with Gasteiger partial charge in [-0.25, -0.2) is 5.01 Å². The Morgan fingerprint density at radius 3 is 2.42 bits per heavy atom. The fourth-order valence-electron chi connectivity index (χ4n) is 3.54. The average Bonchev–Trinajstić information content (AvgIpc) is 3.44. The van der Waals surface area contributed by atoms with E-state index in [2.05, 4.69) is 22.3 Å². The first-order valence-electron chi connectivity index (χ1n) is 9.58. The van der Waals surface area contributed by atoms with Gasteiger partial charge in [-0.2, -0.15) is 5.10 Å². The molecule has 1 aromatic heterocycles. The van der Waals surface area contributed by atoms with Crippen molar-refractivity contribution in [2.24, 2.45) is 5.10 Å². The molecule has 0 aliphatic carbocycles. The average molecular weight is 467 g/mol. The molecule has 31 heavy (non-hydrogen) atoms. The number of benzene rings is 3. The summed E-state index contributed by atoms with van der Waals surface area (Å²) in [5.41, 5.74) is 3.42.